The number of nitrogens with zero attached hydrogens (tertiary/aromatic N) is 3. The lowest BCUT2D eigenvalue weighted by Gasteiger charge is -2.44. The van der Waals surface area contributed by atoms with Crippen LogP contribution in [0, 0.1) is 50.2 Å². The second kappa shape index (κ2) is 4.31. The summed E-state index contributed by atoms with van der Waals surface area (Å²) in [6.45, 7) is 1.37. The van der Waals surface area contributed by atoms with E-state index in [1.165, 1.54) is 0 Å². The molecule has 3 atom stereocenters. The summed E-state index contributed by atoms with van der Waals surface area (Å²) in [7, 11) is 0. The van der Waals surface area contributed by atoms with Gasteiger partial charge in [0.1, 0.15) is 0 Å². The van der Waals surface area contributed by atoms with Crippen LogP contribution in [0.4, 0.5) is 0 Å². The predicted octanol–water partition coefficient (Wildman–Crippen LogP) is 2.07. The second-order valence-electron chi connectivity index (χ2n) is 5.63. The number of hydrogen-bond donors (Lipinski definition) is 1. The summed E-state index contributed by atoms with van der Waals surface area (Å²) in [6, 6.07) is 14.8. The Morgan fingerprint density at radius 1 is 1.14 bits per heavy atom. The van der Waals surface area contributed by atoms with Crippen molar-refractivity contribution in [2.24, 2.45) is 10.8 Å². The number of nitrogens with one attached hydrogen (secondary N) is 1. The van der Waals surface area contributed by atoms with Gasteiger partial charge in [-0.1, -0.05) is 30.3 Å². The average Bonchev–Trinajstić information content (AvgIpc) is 2.72. The molecule has 2 aliphatic rings. The first-order valence-corrected chi connectivity index (χ1v) is 6.70. The van der Waals surface area contributed by atoms with E-state index in [-0.39, 0.29) is 12.5 Å². The number of ether oxygens (including phenoxy) is 2. The zero-order chi connectivity index (χ0) is 16.0. The van der Waals surface area contributed by atoms with E-state index in [2.05, 4.69) is 6.07 Å². The van der Waals surface area contributed by atoms with Gasteiger partial charge in [-0.2, -0.15) is 15.8 Å². The maximum Gasteiger partial charge on any atom is 0.218 e. The fourth-order valence-corrected chi connectivity index (χ4v) is 3.46. The van der Waals surface area contributed by atoms with Crippen LogP contribution in [-0.2, 0) is 9.47 Å². The molecule has 0 aliphatic carbocycles. The van der Waals surface area contributed by atoms with Crippen molar-refractivity contribution in [1.82, 2.24) is 0 Å². The molecule has 0 radical (unpaired) electrons. The third-order valence-electron chi connectivity index (χ3n) is 4.56. The smallest absolute Gasteiger partial charge is 0.218 e. The van der Waals surface area contributed by atoms with E-state index in [0.717, 1.165) is 0 Å². The Kier molecular flexibility index (Phi) is 2.75. The number of nitriles is 3. The molecule has 0 unspecified atom stereocenters. The minimum atomic E-state index is -1.78. The van der Waals surface area contributed by atoms with E-state index in [0.29, 0.717) is 5.56 Å². The number of fused-ring (bicyclic) bond motifs is 2. The summed E-state index contributed by atoms with van der Waals surface area (Å²) in [6.07, 6.45) is 0. The molecule has 2 fully saturated rings. The highest BCUT2D eigenvalue weighted by Crippen LogP contribution is 2.63. The van der Waals surface area contributed by atoms with Gasteiger partial charge in [-0.05, 0) is 5.56 Å². The van der Waals surface area contributed by atoms with Gasteiger partial charge >= 0.3 is 0 Å². The summed E-state index contributed by atoms with van der Waals surface area (Å²) in [4.78, 5) is 0. The van der Waals surface area contributed by atoms with Gasteiger partial charge in [0, 0.05) is 6.92 Å². The monoisotopic (exact) mass is 292 g/mol. The van der Waals surface area contributed by atoms with E-state index in [1.54, 1.807) is 31.2 Å². The average molecular weight is 292 g/mol. The molecule has 2 aliphatic heterocycles. The Morgan fingerprint density at radius 2 is 1.77 bits per heavy atom. The van der Waals surface area contributed by atoms with Crippen LogP contribution in [-0.4, -0.2) is 18.3 Å². The van der Waals surface area contributed by atoms with Gasteiger partial charge in [0.15, 0.2) is 10.8 Å². The van der Waals surface area contributed by atoms with Gasteiger partial charge in [0.2, 0.25) is 11.7 Å². The molecule has 1 N–H and O–H groups in total. The molecule has 6 nitrogen and oxygen atoms in total. The van der Waals surface area contributed by atoms with E-state index in [4.69, 9.17) is 14.9 Å². The van der Waals surface area contributed by atoms with Gasteiger partial charge in [-0.3, -0.25) is 5.41 Å². The van der Waals surface area contributed by atoms with Crippen LogP contribution in [0.5, 0.6) is 0 Å². The van der Waals surface area contributed by atoms with Crippen molar-refractivity contribution >= 4 is 5.90 Å². The Balaban J connectivity index is 2.34. The van der Waals surface area contributed by atoms with Crippen LogP contribution in [0.2, 0.25) is 0 Å². The molecule has 6 heteroatoms. The quantitative estimate of drug-likeness (QED) is 0.851. The summed E-state index contributed by atoms with van der Waals surface area (Å²) < 4.78 is 11.2. The van der Waals surface area contributed by atoms with Crippen LogP contribution < -0.4 is 0 Å². The normalized spacial score (nSPS) is 34.8. The lowest BCUT2D eigenvalue weighted by atomic mass is 9.55. The number of rotatable bonds is 1. The van der Waals surface area contributed by atoms with E-state index < -0.39 is 22.5 Å². The zero-order valence-corrected chi connectivity index (χ0v) is 11.8. The van der Waals surface area contributed by atoms with Crippen molar-refractivity contribution in [2.75, 3.05) is 6.61 Å². The Morgan fingerprint density at radius 3 is 2.32 bits per heavy atom. The number of hydrogen-bond acceptors (Lipinski definition) is 6. The molecule has 0 aromatic heterocycles. The largest absolute Gasteiger partial charge is 0.447 e. The third kappa shape index (κ3) is 1.36. The van der Waals surface area contributed by atoms with Crippen molar-refractivity contribution in [3.05, 3.63) is 35.9 Å². The van der Waals surface area contributed by atoms with Gasteiger partial charge in [0.05, 0.1) is 30.7 Å². The van der Waals surface area contributed by atoms with Gasteiger partial charge < -0.3 is 9.47 Å². The standard InChI is InChI=1S/C16H12N4O2/c1-14-12(11-5-3-2-4-6-11)16(9-19,13(20)22-14)15(7-17,8-18)10-21-14/h2-6,12,20H,10H2,1H3/t12-,14-,16-/m0/s1. The molecule has 2 heterocycles. The molecule has 0 amide bonds. The van der Waals surface area contributed by atoms with Gasteiger partial charge in [-0.15, -0.1) is 0 Å². The van der Waals surface area contributed by atoms with Crippen molar-refractivity contribution in [2.45, 2.75) is 18.6 Å². The first-order valence-electron chi connectivity index (χ1n) is 6.70. The fraction of sp³-hybridized carbons (Fsp3) is 0.375. The third-order valence-corrected chi connectivity index (χ3v) is 4.56. The molecular weight excluding hydrogens is 280 g/mol. The summed E-state index contributed by atoms with van der Waals surface area (Å²) in [5, 5.41) is 37.2. The second-order valence-corrected chi connectivity index (χ2v) is 5.63. The predicted molar refractivity (Wildman–Crippen MR) is 74.1 cm³/mol. The molecule has 3 rings (SSSR count). The van der Waals surface area contributed by atoms with Crippen LogP contribution >= 0.6 is 0 Å². The topological polar surface area (TPSA) is 114 Å². The molecule has 2 bridgehead atoms. The maximum atomic E-state index is 9.85. The summed E-state index contributed by atoms with van der Waals surface area (Å²) in [5.74, 6) is -2.36. The minimum Gasteiger partial charge on any atom is -0.447 e. The van der Waals surface area contributed by atoms with E-state index >= 15 is 0 Å². The minimum absolute atomic E-state index is 0.268. The Labute approximate surface area is 127 Å². The fourth-order valence-electron chi connectivity index (χ4n) is 3.46. The Bertz CT molecular complexity index is 756. The highest BCUT2D eigenvalue weighted by Gasteiger charge is 2.76. The summed E-state index contributed by atoms with van der Waals surface area (Å²) >= 11 is 0. The first-order chi connectivity index (χ1) is 10.5. The molecule has 0 saturated carbocycles. The van der Waals surface area contributed by atoms with Crippen molar-refractivity contribution in [1.29, 1.82) is 21.2 Å². The molecule has 1 aromatic carbocycles. The highest BCUT2D eigenvalue weighted by atomic mass is 16.7. The van der Waals surface area contributed by atoms with Crippen molar-refractivity contribution in [3.8, 4) is 18.2 Å². The van der Waals surface area contributed by atoms with Gasteiger partial charge in [0.25, 0.3) is 0 Å². The lowest BCUT2D eigenvalue weighted by molar-refractivity contribution is -0.213. The molecule has 108 valence electrons. The Hall–Kier alpha value is -2.88. The van der Waals surface area contributed by atoms with Crippen LogP contribution in [0.1, 0.15) is 18.4 Å². The SMILES string of the molecule is C[C@]12OCC(C#N)(C#N)[C@](C#N)(C(=N)O1)[C@H]2c1ccccc1. The summed E-state index contributed by atoms with van der Waals surface area (Å²) in [5.41, 5.74) is -2.77. The van der Waals surface area contributed by atoms with Crippen LogP contribution in [0.15, 0.2) is 30.3 Å². The zero-order valence-electron chi connectivity index (χ0n) is 11.8. The molecular formula is C16H12N4O2. The highest BCUT2D eigenvalue weighted by molar-refractivity contribution is 5.90. The van der Waals surface area contributed by atoms with Crippen LogP contribution in [0.25, 0.3) is 0 Å². The van der Waals surface area contributed by atoms with Crippen molar-refractivity contribution < 1.29 is 9.47 Å². The molecule has 1 aromatic rings. The molecule has 2 saturated heterocycles. The van der Waals surface area contributed by atoms with Crippen LogP contribution in [0.3, 0.4) is 0 Å². The molecule has 22 heavy (non-hydrogen) atoms. The van der Waals surface area contributed by atoms with Gasteiger partial charge in [-0.25, -0.2) is 0 Å². The maximum absolute atomic E-state index is 9.85. The first kappa shape index (κ1) is 14.1. The van der Waals surface area contributed by atoms with E-state index in [1.807, 2.05) is 18.2 Å². The van der Waals surface area contributed by atoms with Crippen molar-refractivity contribution in [3.63, 3.8) is 0 Å². The number of benzene rings is 1. The molecule has 0 spiro atoms. The lowest BCUT2D eigenvalue weighted by Crippen LogP contribution is -2.56. The van der Waals surface area contributed by atoms with E-state index in [9.17, 15) is 15.8 Å².